The first-order chi connectivity index (χ1) is 12.6. The molecule has 1 saturated heterocycles. The second kappa shape index (κ2) is 6.57. The Balaban J connectivity index is 1.62. The lowest BCUT2D eigenvalue weighted by atomic mass is 10.0. The fourth-order valence-corrected chi connectivity index (χ4v) is 3.92. The van der Waals surface area contributed by atoms with E-state index in [-0.39, 0.29) is 11.5 Å². The van der Waals surface area contributed by atoms with Crippen LogP contribution in [0, 0.1) is 10.1 Å². The molecule has 2 atom stereocenters. The Hall–Kier alpha value is -2.67. The van der Waals surface area contributed by atoms with E-state index in [0.717, 1.165) is 29.6 Å². The molecule has 3 heterocycles. The van der Waals surface area contributed by atoms with E-state index < -0.39 is 5.66 Å². The lowest BCUT2D eigenvalue weighted by Gasteiger charge is -2.24. The predicted octanol–water partition coefficient (Wildman–Crippen LogP) is 2.83. The number of aromatic amines is 1. The lowest BCUT2D eigenvalue weighted by Crippen LogP contribution is -2.48. The first-order valence-corrected chi connectivity index (χ1v) is 8.98. The van der Waals surface area contributed by atoms with E-state index in [2.05, 4.69) is 33.4 Å². The van der Waals surface area contributed by atoms with Crippen molar-refractivity contribution in [1.82, 2.24) is 9.88 Å². The maximum absolute atomic E-state index is 11.6. The van der Waals surface area contributed by atoms with E-state index >= 15 is 0 Å². The molecule has 2 N–H and O–H groups in total. The zero-order valence-electron chi connectivity index (χ0n) is 14.8. The van der Waals surface area contributed by atoms with Gasteiger partial charge in [0.05, 0.1) is 4.92 Å². The number of likely N-dealkylation sites (N-methyl/N-ethyl adjacent to an activating group) is 1. The van der Waals surface area contributed by atoms with Crippen molar-refractivity contribution in [2.75, 3.05) is 25.5 Å². The fraction of sp³-hybridized carbons (Fsp3) is 0.421. The van der Waals surface area contributed by atoms with E-state index in [1.807, 2.05) is 18.2 Å². The molecule has 7 nitrogen and oxygen atoms in total. The van der Waals surface area contributed by atoms with Crippen LogP contribution in [0.3, 0.4) is 0 Å². The van der Waals surface area contributed by atoms with Crippen LogP contribution in [-0.4, -0.2) is 52.9 Å². The summed E-state index contributed by atoms with van der Waals surface area (Å²) in [5.41, 5.74) is 1.66. The molecule has 0 radical (unpaired) electrons. The number of hydrogen-bond acceptors (Lipinski definition) is 5. The molecule has 0 amide bonds. The first-order valence-electron chi connectivity index (χ1n) is 8.98. The normalized spacial score (nSPS) is 25.8. The molecule has 2 unspecified atom stereocenters. The number of rotatable bonds is 5. The van der Waals surface area contributed by atoms with Gasteiger partial charge in [0.15, 0.2) is 0 Å². The second-order valence-electron chi connectivity index (χ2n) is 7.21. The van der Waals surface area contributed by atoms with Crippen LogP contribution < -0.4 is 5.32 Å². The Morgan fingerprint density at radius 1 is 1.50 bits per heavy atom. The summed E-state index contributed by atoms with van der Waals surface area (Å²) in [5.74, 6) is 0. The van der Waals surface area contributed by atoms with Gasteiger partial charge < -0.3 is 15.2 Å². The lowest BCUT2D eigenvalue weighted by molar-refractivity contribution is -0.543. The molecule has 26 heavy (non-hydrogen) atoms. The van der Waals surface area contributed by atoms with Crippen LogP contribution in [0.5, 0.6) is 0 Å². The summed E-state index contributed by atoms with van der Waals surface area (Å²) in [7, 11) is 2.18. The van der Waals surface area contributed by atoms with Gasteiger partial charge in [-0.1, -0.05) is 0 Å². The molecule has 0 saturated carbocycles. The molecule has 0 aliphatic carbocycles. The number of allylic oxidation sites excluding steroid dienone is 1. The van der Waals surface area contributed by atoms with Gasteiger partial charge in [0, 0.05) is 41.1 Å². The van der Waals surface area contributed by atoms with E-state index in [0.29, 0.717) is 6.04 Å². The number of hydrogen-bond donors (Lipinski definition) is 2. The van der Waals surface area contributed by atoms with Crippen molar-refractivity contribution in [2.24, 2.45) is 4.99 Å². The minimum atomic E-state index is -1.38. The van der Waals surface area contributed by atoms with Crippen molar-refractivity contribution >= 4 is 22.8 Å². The highest BCUT2D eigenvalue weighted by atomic mass is 16.6. The van der Waals surface area contributed by atoms with Crippen LogP contribution in [0.4, 0.5) is 5.69 Å². The molecule has 0 spiro atoms. The van der Waals surface area contributed by atoms with Crippen molar-refractivity contribution < 1.29 is 4.92 Å². The zero-order valence-corrected chi connectivity index (χ0v) is 14.8. The van der Waals surface area contributed by atoms with E-state index in [9.17, 15) is 10.1 Å². The van der Waals surface area contributed by atoms with Crippen LogP contribution in [0.1, 0.15) is 18.4 Å². The van der Waals surface area contributed by atoms with E-state index in [4.69, 9.17) is 0 Å². The number of benzene rings is 1. The number of aliphatic imine (C=N–C) groups is 1. The molecule has 2 aromatic rings. The van der Waals surface area contributed by atoms with Crippen molar-refractivity contribution in [3.8, 4) is 0 Å². The third-order valence-corrected chi connectivity index (χ3v) is 5.48. The molecule has 2 aliphatic rings. The van der Waals surface area contributed by atoms with Gasteiger partial charge in [-0.15, -0.1) is 0 Å². The van der Waals surface area contributed by atoms with Gasteiger partial charge in [-0.05, 0) is 62.7 Å². The number of anilines is 1. The average molecular weight is 353 g/mol. The molecule has 1 fully saturated rings. The zero-order chi connectivity index (χ0) is 18.1. The van der Waals surface area contributed by atoms with Gasteiger partial charge in [0.1, 0.15) is 6.54 Å². The van der Waals surface area contributed by atoms with Gasteiger partial charge in [-0.2, -0.15) is 0 Å². The SMILES string of the molecule is CN1CCCC1Cc1c[nH]c2ccc(NC3([N+](=O)[O-])C=CC=NC3)cc12. The van der Waals surface area contributed by atoms with Crippen LogP contribution >= 0.6 is 0 Å². The molecule has 0 bridgehead atoms. The number of nitro groups is 1. The molecular weight excluding hydrogens is 330 g/mol. The summed E-state index contributed by atoms with van der Waals surface area (Å²) in [4.78, 5) is 21.1. The topological polar surface area (TPSA) is 86.6 Å². The third-order valence-electron chi connectivity index (χ3n) is 5.48. The summed E-state index contributed by atoms with van der Waals surface area (Å²) in [5, 5.41) is 15.8. The number of nitrogens with zero attached hydrogens (tertiary/aromatic N) is 3. The number of dihydropyridines is 1. The Morgan fingerprint density at radius 3 is 3.08 bits per heavy atom. The summed E-state index contributed by atoms with van der Waals surface area (Å²) in [6.07, 6.45) is 10.3. The smallest absolute Gasteiger partial charge is 0.332 e. The van der Waals surface area contributed by atoms with E-state index in [1.165, 1.54) is 18.4 Å². The van der Waals surface area contributed by atoms with Crippen LogP contribution in [0.2, 0.25) is 0 Å². The number of nitrogens with one attached hydrogen (secondary N) is 2. The first kappa shape index (κ1) is 16.8. The summed E-state index contributed by atoms with van der Waals surface area (Å²) >= 11 is 0. The number of likely N-dealkylation sites (tertiary alicyclic amines) is 1. The Kier molecular flexibility index (Phi) is 4.24. The highest BCUT2D eigenvalue weighted by Gasteiger charge is 2.41. The molecule has 136 valence electrons. The van der Waals surface area contributed by atoms with Crippen molar-refractivity contribution in [2.45, 2.75) is 31.0 Å². The highest BCUT2D eigenvalue weighted by molar-refractivity contribution is 5.86. The monoisotopic (exact) mass is 353 g/mol. The molecule has 1 aromatic heterocycles. The van der Waals surface area contributed by atoms with Crippen LogP contribution in [0.25, 0.3) is 10.9 Å². The number of aromatic nitrogens is 1. The second-order valence-corrected chi connectivity index (χ2v) is 7.21. The summed E-state index contributed by atoms with van der Waals surface area (Å²) in [6.45, 7) is 1.24. The van der Waals surface area contributed by atoms with Gasteiger partial charge in [0.25, 0.3) is 0 Å². The molecular formula is C19H23N5O2. The van der Waals surface area contributed by atoms with Crippen molar-refractivity contribution in [1.29, 1.82) is 0 Å². The third kappa shape index (κ3) is 2.99. The molecule has 7 heteroatoms. The van der Waals surface area contributed by atoms with E-state index in [1.54, 1.807) is 18.4 Å². The Morgan fingerprint density at radius 2 is 2.38 bits per heavy atom. The van der Waals surface area contributed by atoms with Crippen molar-refractivity contribution in [3.63, 3.8) is 0 Å². The maximum atomic E-state index is 11.6. The standard InChI is InChI=1S/C19H23N5O2/c1-23-9-2-4-16(23)10-14-12-21-18-6-5-15(11-17(14)18)22-19(24(25)26)7-3-8-20-13-19/h3,5-8,11-12,16,21-22H,2,4,9-10,13H2,1H3. The number of fused-ring (bicyclic) bond motifs is 1. The molecule has 2 aliphatic heterocycles. The summed E-state index contributed by atoms with van der Waals surface area (Å²) in [6, 6.07) is 6.42. The predicted molar refractivity (Wildman–Crippen MR) is 104 cm³/mol. The van der Waals surface area contributed by atoms with Gasteiger partial charge >= 0.3 is 5.66 Å². The quantitative estimate of drug-likeness (QED) is 0.492. The van der Waals surface area contributed by atoms with Gasteiger partial charge in [-0.3, -0.25) is 15.1 Å². The van der Waals surface area contributed by atoms with Crippen molar-refractivity contribution in [3.05, 3.63) is 52.2 Å². The Labute approximate surface area is 151 Å². The largest absolute Gasteiger partial charge is 0.361 e. The Bertz CT molecular complexity index is 887. The maximum Gasteiger partial charge on any atom is 0.332 e. The summed E-state index contributed by atoms with van der Waals surface area (Å²) < 4.78 is 0. The highest BCUT2D eigenvalue weighted by Crippen LogP contribution is 2.28. The average Bonchev–Trinajstić information content (AvgIpc) is 3.22. The number of H-pyrrole nitrogens is 1. The minimum Gasteiger partial charge on any atom is -0.361 e. The minimum absolute atomic E-state index is 0.0847. The van der Waals surface area contributed by atoms with Gasteiger partial charge in [-0.25, -0.2) is 0 Å². The van der Waals surface area contributed by atoms with Gasteiger partial charge in [0.2, 0.25) is 0 Å². The fourth-order valence-electron chi connectivity index (χ4n) is 3.92. The van der Waals surface area contributed by atoms with Crippen LogP contribution in [-0.2, 0) is 6.42 Å². The van der Waals surface area contributed by atoms with Crippen LogP contribution in [0.15, 0.2) is 41.5 Å². The molecule has 1 aromatic carbocycles. The molecule has 4 rings (SSSR count).